The zero-order valence-electron chi connectivity index (χ0n) is 11.0. The first-order valence-corrected chi connectivity index (χ1v) is 7.58. The highest BCUT2D eigenvalue weighted by Crippen LogP contribution is 2.34. The average molecular weight is 314 g/mol. The van der Waals surface area contributed by atoms with Crippen molar-refractivity contribution in [2.24, 2.45) is 11.8 Å². The zero-order chi connectivity index (χ0) is 13.1. The molecule has 1 nitrogen and oxygen atoms in total. The molecule has 0 radical (unpaired) electrons. The molecule has 0 aliphatic heterocycles. The van der Waals surface area contributed by atoms with Crippen LogP contribution in [0.25, 0.3) is 0 Å². The second-order valence-electron chi connectivity index (χ2n) is 5.34. The molecule has 0 amide bonds. The lowest BCUT2D eigenvalue weighted by atomic mass is 9.93. The fraction of sp³-hybridized carbons (Fsp3) is 0.600. The van der Waals surface area contributed by atoms with Crippen LogP contribution in [0, 0.1) is 17.7 Å². The molecule has 0 spiro atoms. The van der Waals surface area contributed by atoms with Crippen LogP contribution in [0.5, 0.6) is 0 Å². The number of nitrogens with one attached hydrogen (secondary N) is 1. The first-order valence-electron chi connectivity index (χ1n) is 6.79. The summed E-state index contributed by atoms with van der Waals surface area (Å²) in [6.07, 6.45) is 3.88. The molecular formula is C15H21BrFN. The fourth-order valence-electron chi connectivity index (χ4n) is 3.01. The molecule has 100 valence electrons. The average Bonchev–Trinajstić information content (AvgIpc) is 2.72. The summed E-state index contributed by atoms with van der Waals surface area (Å²) in [6, 6.07) is 5.84. The molecule has 3 unspecified atom stereocenters. The SMILES string of the molecule is CCC1CCC(NCc2ccc(F)c(Br)c2)C1C. The van der Waals surface area contributed by atoms with E-state index in [1.807, 2.05) is 12.1 Å². The fourth-order valence-corrected chi connectivity index (χ4v) is 3.44. The molecule has 1 aliphatic carbocycles. The molecule has 1 saturated carbocycles. The van der Waals surface area contributed by atoms with Crippen molar-refractivity contribution in [3.05, 3.63) is 34.1 Å². The topological polar surface area (TPSA) is 12.0 Å². The van der Waals surface area contributed by atoms with Crippen molar-refractivity contribution in [2.45, 2.75) is 45.7 Å². The maximum atomic E-state index is 13.1. The van der Waals surface area contributed by atoms with Gasteiger partial charge in [-0.3, -0.25) is 0 Å². The van der Waals surface area contributed by atoms with Crippen LogP contribution in [-0.2, 0) is 6.54 Å². The molecule has 2 rings (SSSR count). The van der Waals surface area contributed by atoms with Crippen LogP contribution in [-0.4, -0.2) is 6.04 Å². The van der Waals surface area contributed by atoms with E-state index >= 15 is 0 Å². The minimum Gasteiger partial charge on any atom is -0.310 e. The first-order chi connectivity index (χ1) is 8.61. The van der Waals surface area contributed by atoms with Crippen LogP contribution in [0.3, 0.4) is 0 Å². The molecule has 3 atom stereocenters. The molecule has 1 aromatic rings. The van der Waals surface area contributed by atoms with Gasteiger partial charge >= 0.3 is 0 Å². The van der Waals surface area contributed by atoms with Crippen LogP contribution >= 0.6 is 15.9 Å². The lowest BCUT2D eigenvalue weighted by Gasteiger charge is -2.21. The molecule has 18 heavy (non-hydrogen) atoms. The number of halogens is 2. The van der Waals surface area contributed by atoms with E-state index in [2.05, 4.69) is 35.1 Å². The predicted octanol–water partition coefficient (Wildman–Crippen LogP) is 4.50. The molecule has 0 bridgehead atoms. The zero-order valence-corrected chi connectivity index (χ0v) is 12.6. The molecule has 0 saturated heterocycles. The van der Waals surface area contributed by atoms with E-state index in [1.54, 1.807) is 0 Å². The van der Waals surface area contributed by atoms with E-state index in [9.17, 15) is 4.39 Å². The van der Waals surface area contributed by atoms with Crippen molar-refractivity contribution < 1.29 is 4.39 Å². The van der Waals surface area contributed by atoms with Gasteiger partial charge < -0.3 is 5.32 Å². The van der Waals surface area contributed by atoms with Gasteiger partial charge in [0.1, 0.15) is 5.82 Å². The van der Waals surface area contributed by atoms with Crippen molar-refractivity contribution >= 4 is 15.9 Å². The van der Waals surface area contributed by atoms with Gasteiger partial charge in [0.15, 0.2) is 0 Å². The van der Waals surface area contributed by atoms with Crippen LogP contribution in [0.4, 0.5) is 4.39 Å². The van der Waals surface area contributed by atoms with E-state index < -0.39 is 0 Å². The Morgan fingerprint density at radius 1 is 1.39 bits per heavy atom. The van der Waals surface area contributed by atoms with Gasteiger partial charge in [-0.05, 0) is 58.3 Å². The molecule has 1 fully saturated rings. The Hall–Kier alpha value is -0.410. The summed E-state index contributed by atoms with van der Waals surface area (Å²) in [4.78, 5) is 0. The van der Waals surface area contributed by atoms with Crippen LogP contribution < -0.4 is 5.32 Å². The second kappa shape index (κ2) is 6.16. The van der Waals surface area contributed by atoms with Gasteiger partial charge in [-0.2, -0.15) is 0 Å². The summed E-state index contributed by atoms with van der Waals surface area (Å²) in [5, 5.41) is 3.62. The van der Waals surface area contributed by atoms with Crippen molar-refractivity contribution in [1.29, 1.82) is 0 Å². The highest BCUT2D eigenvalue weighted by atomic mass is 79.9. The lowest BCUT2D eigenvalue weighted by molar-refractivity contribution is 0.344. The molecule has 1 aromatic carbocycles. The van der Waals surface area contributed by atoms with Gasteiger partial charge in [-0.15, -0.1) is 0 Å². The minimum absolute atomic E-state index is 0.195. The minimum atomic E-state index is -0.195. The molecule has 1 aliphatic rings. The molecule has 1 N–H and O–H groups in total. The number of hydrogen-bond acceptors (Lipinski definition) is 1. The monoisotopic (exact) mass is 313 g/mol. The molecule has 3 heteroatoms. The summed E-state index contributed by atoms with van der Waals surface area (Å²) in [7, 11) is 0. The smallest absolute Gasteiger partial charge is 0.137 e. The Kier molecular flexibility index (Phi) is 4.79. The largest absolute Gasteiger partial charge is 0.310 e. The normalized spacial score (nSPS) is 27.7. The highest BCUT2D eigenvalue weighted by molar-refractivity contribution is 9.10. The highest BCUT2D eigenvalue weighted by Gasteiger charge is 2.30. The van der Waals surface area contributed by atoms with E-state index in [0.717, 1.165) is 23.9 Å². The van der Waals surface area contributed by atoms with Gasteiger partial charge in [-0.25, -0.2) is 4.39 Å². The van der Waals surface area contributed by atoms with Crippen molar-refractivity contribution in [3.63, 3.8) is 0 Å². The Morgan fingerprint density at radius 3 is 2.78 bits per heavy atom. The van der Waals surface area contributed by atoms with Crippen LogP contribution in [0.2, 0.25) is 0 Å². The van der Waals surface area contributed by atoms with Crippen LogP contribution in [0.1, 0.15) is 38.7 Å². The van der Waals surface area contributed by atoms with Gasteiger partial charge in [0.2, 0.25) is 0 Å². The van der Waals surface area contributed by atoms with Gasteiger partial charge in [-0.1, -0.05) is 26.3 Å². The third kappa shape index (κ3) is 3.12. The first kappa shape index (κ1) is 14.0. The quantitative estimate of drug-likeness (QED) is 0.862. The van der Waals surface area contributed by atoms with Crippen molar-refractivity contribution in [3.8, 4) is 0 Å². The Labute approximate surface area is 117 Å². The lowest BCUT2D eigenvalue weighted by Crippen LogP contribution is -2.32. The van der Waals surface area contributed by atoms with E-state index in [0.29, 0.717) is 10.5 Å². The maximum Gasteiger partial charge on any atom is 0.137 e. The molecule has 0 heterocycles. The predicted molar refractivity (Wildman–Crippen MR) is 76.9 cm³/mol. The summed E-state index contributed by atoms with van der Waals surface area (Å²) in [6.45, 7) is 5.45. The third-order valence-electron chi connectivity index (χ3n) is 4.30. The Bertz CT molecular complexity index is 407. The number of rotatable bonds is 4. The summed E-state index contributed by atoms with van der Waals surface area (Å²) < 4.78 is 13.7. The van der Waals surface area contributed by atoms with Crippen molar-refractivity contribution in [1.82, 2.24) is 5.32 Å². The maximum absolute atomic E-state index is 13.1. The number of hydrogen-bond donors (Lipinski definition) is 1. The number of benzene rings is 1. The van der Waals surface area contributed by atoms with Crippen molar-refractivity contribution in [2.75, 3.05) is 0 Å². The standard InChI is InChI=1S/C15H21BrFN/c1-3-12-5-7-15(10(12)2)18-9-11-4-6-14(17)13(16)8-11/h4,6,8,10,12,15,18H,3,5,7,9H2,1-2H3. The third-order valence-corrected chi connectivity index (χ3v) is 4.91. The summed E-state index contributed by atoms with van der Waals surface area (Å²) in [5.41, 5.74) is 1.13. The van der Waals surface area contributed by atoms with E-state index in [-0.39, 0.29) is 5.82 Å². The summed E-state index contributed by atoms with van der Waals surface area (Å²) >= 11 is 3.23. The Morgan fingerprint density at radius 2 is 2.17 bits per heavy atom. The summed E-state index contributed by atoms with van der Waals surface area (Å²) in [5.74, 6) is 1.42. The Balaban J connectivity index is 1.90. The van der Waals surface area contributed by atoms with Crippen LogP contribution in [0.15, 0.2) is 22.7 Å². The van der Waals surface area contributed by atoms with E-state index in [1.165, 1.54) is 25.3 Å². The second-order valence-corrected chi connectivity index (χ2v) is 6.19. The van der Waals surface area contributed by atoms with Gasteiger partial charge in [0.05, 0.1) is 4.47 Å². The van der Waals surface area contributed by atoms with Gasteiger partial charge in [0, 0.05) is 12.6 Å². The molecular weight excluding hydrogens is 293 g/mol. The van der Waals surface area contributed by atoms with E-state index in [4.69, 9.17) is 0 Å². The van der Waals surface area contributed by atoms with Gasteiger partial charge in [0.25, 0.3) is 0 Å². The molecule has 0 aromatic heterocycles.